The van der Waals surface area contributed by atoms with E-state index in [-0.39, 0.29) is 0 Å². The minimum atomic E-state index is 0.633. The summed E-state index contributed by atoms with van der Waals surface area (Å²) in [6.07, 6.45) is 0. The fourth-order valence-electron chi connectivity index (χ4n) is 2.89. The Morgan fingerprint density at radius 1 is 0.731 bits per heavy atom. The molecule has 3 aromatic carbocycles. The van der Waals surface area contributed by atoms with Gasteiger partial charge in [0.15, 0.2) is 0 Å². The van der Waals surface area contributed by atoms with E-state index in [1.54, 1.807) is 0 Å². The minimum Gasteiger partial charge on any atom is -0.455 e. The molecule has 1 aromatic heterocycles. The van der Waals surface area contributed by atoms with Gasteiger partial charge in [-0.1, -0.05) is 54.1 Å². The van der Waals surface area contributed by atoms with E-state index in [1.165, 1.54) is 0 Å². The molecule has 4 aromatic rings. The summed E-state index contributed by atoms with van der Waals surface area (Å²) in [7, 11) is 0. The van der Waals surface area contributed by atoms with Crippen molar-refractivity contribution in [2.45, 2.75) is 0 Å². The first-order chi connectivity index (χ1) is 12.7. The molecule has 0 saturated carbocycles. The second-order valence-electron chi connectivity index (χ2n) is 5.92. The summed E-state index contributed by atoms with van der Waals surface area (Å²) in [5, 5.41) is 9.71. The lowest BCUT2D eigenvalue weighted by atomic mass is 10.0. The van der Waals surface area contributed by atoms with Gasteiger partial charge in [-0.25, -0.2) is 0 Å². The normalized spacial score (nSPS) is 10.5. The highest BCUT2D eigenvalue weighted by Gasteiger charge is 2.16. The fraction of sp³-hybridized carbons (Fsp3) is 0. The molecular formula is C23H14ClNO. The van der Waals surface area contributed by atoms with E-state index in [1.807, 2.05) is 84.9 Å². The largest absolute Gasteiger partial charge is 0.455 e. The quantitative estimate of drug-likeness (QED) is 0.405. The third kappa shape index (κ3) is 3.13. The van der Waals surface area contributed by atoms with Crippen molar-refractivity contribution in [3.8, 4) is 39.8 Å². The highest BCUT2D eigenvalue weighted by Crippen LogP contribution is 2.39. The molecule has 0 saturated heterocycles. The molecule has 26 heavy (non-hydrogen) atoms. The van der Waals surface area contributed by atoms with Gasteiger partial charge in [0.25, 0.3) is 0 Å². The molecule has 0 aliphatic carbocycles. The molecule has 0 unspecified atom stereocenters. The summed E-state index contributed by atoms with van der Waals surface area (Å²) in [4.78, 5) is 0. The Balaban J connectivity index is 1.88. The number of nitrogens with zero attached hydrogens (tertiary/aromatic N) is 1. The van der Waals surface area contributed by atoms with Crippen LogP contribution in [0.4, 0.5) is 0 Å². The number of nitriles is 1. The van der Waals surface area contributed by atoms with Crippen LogP contribution in [-0.4, -0.2) is 0 Å². The number of benzene rings is 3. The maximum absolute atomic E-state index is 9.03. The molecule has 1 heterocycles. The molecule has 0 radical (unpaired) electrons. The SMILES string of the molecule is N#Cc1ccc(-c2cc(-c3ccccc3)oc2-c2ccc(Cl)cc2)cc1. The van der Waals surface area contributed by atoms with Gasteiger partial charge in [-0.3, -0.25) is 0 Å². The lowest BCUT2D eigenvalue weighted by Crippen LogP contribution is -1.81. The van der Waals surface area contributed by atoms with Crippen molar-refractivity contribution in [3.05, 3.63) is 95.5 Å². The number of hydrogen-bond acceptors (Lipinski definition) is 2. The van der Waals surface area contributed by atoms with E-state index in [0.29, 0.717) is 10.6 Å². The zero-order valence-electron chi connectivity index (χ0n) is 13.8. The van der Waals surface area contributed by atoms with Crippen LogP contribution in [0.2, 0.25) is 5.02 Å². The summed E-state index contributed by atoms with van der Waals surface area (Å²) in [5.41, 5.74) is 4.59. The number of furan rings is 1. The van der Waals surface area contributed by atoms with E-state index < -0.39 is 0 Å². The highest BCUT2D eigenvalue weighted by molar-refractivity contribution is 6.30. The van der Waals surface area contributed by atoms with Crippen molar-refractivity contribution >= 4 is 11.6 Å². The summed E-state index contributed by atoms with van der Waals surface area (Å²) in [5.74, 6) is 1.58. The van der Waals surface area contributed by atoms with Crippen LogP contribution in [-0.2, 0) is 0 Å². The van der Waals surface area contributed by atoms with Crippen molar-refractivity contribution in [3.63, 3.8) is 0 Å². The van der Waals surface area contributed by atoms with Crippen molar-refractivity contribution in [2.24, 2.45) is 0 Å². The number of rotatable bonds is 3. The average Bonchev–Trinajstić information content (AvgIpc) is 3.15. The average molecular weight is 356 g/mol. The smallest absolute Gasteiger partial charge is 0.142 e. The van der Waals surface area contributed by atoms with Crippen molar-refractivity contribution in [1.82, 2.24) is 0 Å². The van der Waals surface area contributed by atoms with Gasteiger partial charge < -0.3 is 4.42 Å². The Morgan fingerprint density at radius 2 is 1.38 bits per heavy atom. The summed E-state index contributed by atoms with van der Waals surface area (Å²) in [6.45, 7) is 0. The summed E-state index contributed by atoms with van der Waals surface area (Å²) in [6, 6.07) is 29.3. The Hall–Kier alpha value is -3.28. The Morgan fingerprint density at radius 3 is 2.04 bits per heavy atom. The summed E-state index contributed by atoms with van der Waals surface area (Å²) >= 11 is 6.03. The molecule has 0 spiro atoms. The molecule has 0 aliphatic rings. The first-order valence-corrected chi connectivity index (χ1v) is 8.58. The molecular weight excluding hydrogens is 342 g/mol. The van der Waals surface area contributed by atoms with Crippen LogP contribution in [0.25, 0.3) is 33.8 Å². The highest BCUT2D eigenvalue weighted by atomic mass is 35.5. The molecule has 0 aliphatic heterocycles. The third-order valence-electron chi connectivity index (χ3n) is 4.22. The van der Waals surface area contributed by atoms with Gasteiger partial charge in [0, 0.05) is 21.7 Å². The topological polar surface area (TPSA) is 36.9 Å². The number of hydrogen-bond donors (Lipinski definition) is 0. The van der Waals surface area contributed by atoms with Gasteiger partial charge in [0.05, 0.1) is 11.6 Å². The third-order valence-corrected chi connectivity index (χ3v) is 4.47. The second kappa shape index (κ2) is 6.92. The van der Waals surface area contributed by atoms with E-state index in [9.17, 15) is 0 Å². The maximum Gasteiger partial charge on any atom is 0.142 e. The molecule has 0 atom stereocenters. The molecule has 2 nitrogen and oxygen atoms in total. The number of halogens is 1. The Labute approximate surface area is 156 Å². The Kier molecular flexibility index (Phi) is 4.31. The zero-order chi connectivity index (χ0) is 17.9. The lowest BCUT2D eigenvalue weighted by Gasteiger charge is -2.03. The van der Waals surface area contributed by atoms with Crippen LogP contribution in [0.15, 0.2) is 89.3 Å². The van der Waals surface area contributed by atoms with Crippen LogP contribution in [0.3, 0.4) is 0 Å². The molecule has 4 rings (SSSR count). The lowest BCUT2D eigenvalue weighted by molar-refractivity contribution is 0.598. The van der Waals surface area contributed by atoms with Crippen LogP contribution in [0.5, 0.6) is 0 Å². The summed E-state index contributed by atoms with van der Waals surface area (Å²) < 4.78 is 6.23. The van der Waals surface area contributed by atoms with Gasteiger partial charge in [-0.15, -0.1) is 0 Å². The van der Waals surface area contributed by atoms with E-state index >= 15 is 0 Å². The van der Waals surface area contributed by atoms with Gasteiger partial charge in [-0.05, 0) is 48.0 Å². The van der Waals surface area contributed by atoms with Crippen LogP contribution in [0, 0.1) is 11.3 Å². The first-order valence-electron chi connectivity index (χ1n) is 8.20. The van der Waals surface area contributed by atoms with Crippen LogP contribution < -0.4 is 0 Å². The molecule has 0 fully saturated rings. The van der Waals surface area contributed by atoms with Crippen LogP contribution >= 0.6 is 11.6 Å². The van der Waals surface area contributed by atoms with Gasteiger partial charge in [0.1, 0.15) is 11.5 Å². The predicted molar refractivity (Wildman–Crippen MR) is 105 cm³/mol. The molecule has 3 heteroatoms. The molecule has 124 valence electrons. The maximum atomic E-state index is 9.03. The zero-order valence-corrected chi connectivity index (χ0v) is 14.6. The van der Waals surface area contributed by atoms with Crippen LogP contribution in [0.1, 0.15) is 5.56 Å². The monoisotopic (exact) mass is 355 g/mol. The van der Waals surface area contributed by atoms with E-state index in [4.69, 9.17) is 21.3 Å². The van der Waals surface area contributed by atoms with Crippen molar-refractivity contribution in [2.75, 3.05) is 0 Å². The second-order valence-corrected chi connectivity index (χ2v) is 6.35. The molecule has 0 amide bonds. The predicted octanol–water partition coefficient (Wildman–Crippen LogP) is 6.81. The van der Waals surface area contributed by atoms with Gasteiger partial charge >= 0.3 is 0 Å². The van der Waals surface area contributed by atoms with Crippen molar-refractivity contribution in [1.29, 1.82) is 5.26 Å². The van der Waals surface area contributed by atoms with Gasteiger partial charge in [-0.2, -0.15) is 5.26 Å². The van der Waals surface area contributed by atoms with Crippen molar-refractivity contribution < 1.29 is 4.42 Å². The fourth-order valence-corrected chi connectivity index (χ4v) is 3.02. The first kappa shape index (κ1) is 16.2. The Bertz CT molecular complexity index is 1070. The van der Waals surface area contributed by atoms with E-state index in [0.717, 1.165) is 33.8 Å². The molecule has 0 bridgehead atoms. The molecule has 0 N–H and O–H groups in total. The standard InChI is InChI=1S/C23H14ClNO/c24-20-12-10-19(11-13-20)23-21(17-8-6-16(15-25)7-9-17)14-22(26-23)18-4-2-1-3-5-18/h1-14H. The van der Waals surface area contributed by atoms with E-state index in [2.05, 4.69) is 6.07 Å². The minimum absolute atomic E-state index is 0.633. The van der Waals surface area contributed by atoms with Gasteiger partial charge in [0.2, 0.25) is 0 Å².